The number of hydrogen-bond acceptors (Lipinski definition) is 1. The molecule has 0 aromatic heterocycles. The number of carbonyl (C=O) groups excluding carboxylic acids is 1. The van der Waals surface area contributed by atoms with Crippen molar-refractivity contribution in [2.45, 2.75) is 25.4 Å². The van der Waals surface area contributed by atoms with Crippen LogP contribution in [-0.2, 0) is 6.54 Å². The lowest BCUT2D eigenvalue weighted by atomic mass is 10.2. The minimum Gasteiger partial charge on any atom is -0.317 e. The van der Waals surface area contributed by atoms with Crippen LogP contribution in [0.2, 0.25) is 5.02 Å². The molecule has 1 aliphatic rings. The van der Waals surface area contributed by atoms with Gasteiger partial charge in [-0.05, 0) is 37.1 Å². The highest BCUT2D eigenvalue weighted by atomic mass is 35.5. The smallest absolute Gasteiger partial charge is 0.317 e. The SMILES string of the molecule is O=C(Nc1ccc(F)cc1F)N(Cc1c(F)cccc1Cl)C1CC1. The van der Waals surface area contributed by atoms with Crippen molar-refractivity contribution in [2.75, 3.05) is 5.32 Å². The van der Waals surface area contributed by atoms with Crippen molar-refractivity contribution in [3.8, 4) is 0 Å². The predicted octanol–water partition coefficient (Wildman–Crippen LogP) is 4.95. The summed E-state index contributed by atoms with van der Waals surface area (Å²) in [5, 5.41) is 2.62. The Morgan fingerprint density at radius 3 is 2.54 bits per heavy atom. The molecule has 1 fully saturated rings. The van der Waals surface area contributed by atoms with Crippen LogP contribution >= 0.6 is 11.6 Å². The Hall–Kier alpha value is -2.21. The fourth-order valence-corrected chi connectivity index (χ4v) is 2.61. The van der Waals surface area contributed by atoms with E-state index < -0.39 is 23.5 Å². The third-order valence-electron chi connectivity index (χ3n) is 3.81. The van der Waals surface area contributed by atoms with Crippen LogP contribution in [0.5, 0.6) is 0 Å². The van der Waals surface area contributed by atoms with Crippen LogP contribution < -0.4 is 5.32 Å². The molecule has 0 aliphatic heterocycles. The standard InChI is InChI=1S/C17H14ClF3N2O/c18-13-2-1-3-14(20)12(13)9-23(11-5-6-11)17(24)22-16-7-4-10(19)8-15(16)21/h1-4,7-8,11H,5-6,9H2,(H,22,24). The first-order valence-electron chi connectivity index (χ1n) is 7.41. The van der Waals surface area contributed by atoms with Gasteiger partial charge in [-0.2, -0.15) is 0 Å². The monoisotopic (exact) mass is 354 g/mol. The second-order valence-electron chi connectivity index (χ2n) is 5.61. The predicted molar refractivity (Wildman–Crippen MR) is 85.4 cm³/mol. The molecular formula is C17H14ClF3N2O. The fourth-order valence-electron chi connectivity index (χ4n) is 2.38. The maximum absolute atomic E-state index is 13.9. The van der Waals surface area contributed by atoms with E-state index >= 15 is 0 Å². The van der Waals surface area contributed by atoms with Crippen molar-refractivity contribution in [3.63, 3.8) is 0 Å². The summed E-state index contributed by atoms with van der Waals surface area (Å²) in [4.78, 5) is 13.9. The van der Waals surface area contributed by atoms with E-state index in [9.17, 15) is 18.0 Å². The van der Waals surface area contributed by atoms with E-state index in [4.69, 9.17) is 11.6 Å². The summed E-state index contributed by atoms with van der Waals surface area (Å²) in [5.74, 6) is -2.11. The molecular weight excluding hydrogens is 341 g/mol. The molecule has 2 aromatic rings. The Kier molecular flexibility index (Phi) is 4.66. The number of nitrogens with zero attached hydrogens (tertiary/aromatic N) is 1. The van der Waals surface area contributed by atoms with Gasteiger partial charge in [0.1, 0.15) is 17.5 Å². The number of anilines is 1. The number of rotatable bonds is 4. The molecule has 0 radical (unpaired) electrons. The third-order valence-corrected chi connectivity index (χ3v) is 4.17. The van der Waals surface area contributed by atoms with Gasteiger partial charge >= 0.3 is 6.03 Å². The highest BCUT2D eigenvalue weighted by Gasteiger charge is 2.33. The lowest BCUT2D eigenvalue weighted by Crippen LogP contribution is -2.36. The maximum Gasteiger partial charge on any atom is 0.322 e. The second kappa shape index (κ2) is 6.73. The minimum atomic E-state index is -0.872. The van der Waals surface area contributed by atoms with Crippen molar-refractivity contribution in [1.29, 1.82) is 0 Å². The van der Waals surface area contributed by atoms with Gasteiger partial charge < -0.3 is 10.2 Å². The number of hydrogen-bond donors (Lipinski definition) is 1. The van der Waals surface area contributed by atoms with Crippen molar-refractivity contribution >= 4 is 23.3 Å². The summed E-state index contributed by atoms with van der Waals surface area (Å²) < 4.78 is 40.6. The highest BCUT2D eigenvalue weighted by Crippen LogP contribution is 2.31. The number of amides is 2. The number of benzene rings is 2. The van der Waals surface area contributed by atoms with Gasteiger partial charge in [0, 0.05) is 22.7 Å². The van der Waals surface area contributed by atoms with Crippen LogP contribution in [0.15, 0.2) is 36.4 Å². The second-order valence-corrected chi connectivity index (χ2v) is 6.02. The molecule has 1 saturated carbocycles. The summed E-state index contributed by atoms with van der Waals surface area (Å²) in [6.07, 6.45) is 1.57. The van der Waals surface area contributed by atoms with E-state index in [2.05, 4.69) is 5.32 Å². The number of nitrogens with one attached hydrogen (secondary N) is 1. The molecule has 3 nitrogen and oxygen atoms in total. The van der Waals surface area contributed by atoms with Gasteiger partial charge in [0.2, 0.25) is 0 Å². The highest BCUT2D eigenvalue weighted by molar-refractivity contribution is 6.31. The van der Waals surface area contributed by atoms with E-state index in [0.29, 0.717) is 6.07 Å². The van der Waals surface area contributed by atoms with Crippen LogP contribution in [0, 0.1) is 17.5 Å². The van der Waals surface area contributed by atoms with E-state index in [1.165, 1.54) is 17.0 Å². The molecule has 1 aliphatic carbocycles. The van der Waals surface area contributed by atoms with Crippen LogP contribution in [0.25, 0.3) is 0 Å². The molecule has 1 N–H and O–H groups in total. The number of carbonyl (C=O) groups is 1. The van der Waals surface area contributed by atoms with Gasteiger partial charge in [-0.25, -0.2) is 18.0 Å². The molecule has 0 unspecified atom stereocenters. The van der Waals surface area contributed by atoms with Gasteiger partial charge in [0.05, 0.1) is 12.2 Å². The van der Waals surface area contributed by atoms with Gasteiger partial charge in [-0.1, -0.05) is 17.7 Å². The summed E-state index contributed by atoms with van der Waals surface area (Å²) >= 11 is 6.01. The molecule has 7 heteroatoms. The summed E-state index contributed by atoms with van der Waals surface area (Å²) in [6, 6.07) is 6.54. The largest absolute Gasteiger partial charge is 0.322 e. The zero-order valence-electron chi connectivity index (χ0n) is 12.5. The first kappa shape index (κ1) is 16.6. The van der Waals surface area contributed by atoms with Crippen LogP contribution in [0.1, 0.15) is 18.4 Å². The van der Waals surface area contributed by atoms with Crippen molar-refractivity contribution < 1.29 is 18.0 Å². The maximum atomic E-state index is 13.9. The normalized spacial score (nSPS) is 13.7. The van der Waals surface area contributed by atoms with Crippen molar-refractivity contribution in [2.24, 2.45) is 0 Å². The Labute approximate surface area is 142 Å². The van der Waals surface area contributed by atoms with Crippen molar-refractivity contribution in [1.82, 2.24) is 4.90 Å². The quantitative estimate of drug-likeness (QED) is 0.827. The van der Waals surface area contributed by atoms with Crippen LogP contribution in [0.3, 0.4) is 0 Å². The van der Waals surface area contributed by atoms with Crippen molar-refractivity contribution in [3.05, 3.63) is 64.4 Å². The molecule has 2 aromatic carbocycles. The Morgan fingerprint density at radius 2 is 1.92 bits per heavy atom. The first-order valence-corrected chi connectivity index (χ1v) is 7.79. The third kappa shape index (κ3) is 3.64. The summed E-state index contributed by atoms with van der Waals surface area (Å²) in [6.45, 7) is -0.0230. The summed E-state index contributed by atoms with van der Waals surface area (Å²) in [5.41, 5.74) is 0.0764. The van der Waals surface area contributed by atoms with E-state index in [0.717, 1.165) is 25.0 Å². The number of urea groups is 1. The molecule has 24 heavy (non-hydrogen) atoms. The van der Waals surface area contributed by atoms with E-state index in [1.54, 1.807) is 6.07 Å². The molecule has 0 bridgehead atoms. The van der Waals surface area contributed by atoms with E-state index in [1.807, 2.05) is 0 Å². The lowest BCUT2D eigenvalue weighted by molar-refractivity contribution is 0.205. The molecule has 0 spiro atoms. The summed E-state index contributed by atoms with van der Waals surface area (Å²) in [7, 11) is 0. The molecule has 2 amide bonds. The average molecular weight is 355 g/mol. The molecule has 0 atom stereocenters. The Bertz CT molecular complexity index is 760. The van der Waals surface area contributed by atoms with Gasteiger partial charge in [-0.3, -0.25) is 0 Å². The topological polar surface area (TPSA) is 32.3 Å². The Balaban J connectivity index is 1.79. The van der Waals surface area contributed by atoms with Gasteiger partial charge in [-0.15, -0.1) is 0 Å². The lowest BCUT2D eigenvalue weighted by Gasteiger charge is -2.24. The molecule has 0 saturated heterocycles. The van der Waals surface area contributed by atoms with Crippen LogP contribution in [-0.4, -0.2) is 17.0 Å². The van der Waals surface area contributed by atoms with Crippen LogP contribution in [0.4, 0.5) is 23.7 Å². The zero-order chi connectivity index (χ0) is 17.3. The fraction of sp³-hybridized carbons (Fsp3) is 0.235. The molecule has 126 valence electrons. The zero-order valence-corrected chi connectivity index (χ0v) is 13.3. The first-order chi connectivity index (χ1) is 11.5. The minimum absolute atomic E-state index is 0.0230. The molecule has 3 rings (SSSR count). The van der Waals surface area contributed by atoms with Gasteiger partial charge in [0.15, 0.2) is 0 Å². The molecule has 0 heterocycles. The Morgan fingerprint density at radius 1 is 1.17 bits per heavy atom. The van der Waals surface area contributed by atoms with Gasteiger partial charge in [0.25, 0.3) is 0 Å². The average Bonchev–Trinajstić information content (AvgIpc) is 3.34. The van der Waals surface area contributed by atoms with E-state index in [-0.39, 0.29) is 28.9 Å². The number of halogens is 4.